The van der Waals surface area contributed by atoms with Gasteiger partial charge in [-0.25, -0.2) is 0 Å². The van der Waals surface area contributed by atoms with Gasteiger partial charge < -0.3 is 15.3 Å². The molecule has 0 heterocycles. The molecule has 4 nitrogen and oxygen atoms in total. The number of rotatable bonds is 5. The van der Waals surface area contributed by atoms with Gasteiger partial charge in [-0.1, -0.05) is 27.7 Å². The second-order valence-corrected chi connectivity index (χ2v) is 5.96. The molecule has 0 fully saturated rings. The molecule has 0 aliphatic carbocycles. The Labute approximate surface area is 109 Å². The number of hydrogen-bond acceptors (Lipinski definition) is 4. The molecule has 0 aliphatic heterocycles. The molecule has 0 aromatic rings. The van der Waals surface area contributed by atoms with Gasteiger partial charge in [0.25, 0.3) is 0 Å². The Balaban J connectivity index is 0. The summed E-state index contributed by atoms with van der Waals surface area (Å²) < 4.78 is 0. The summed E-state index contributed by atoms with van der Waals surface area (Å²) in [5.41, 5.74) is -0.571. The topological polar surface area (TPSA) is 77.8 Å². The minimum atomic E-state index is -0.667. The minimum absolute atomic E-state index is 0.0301. The molecule has 0 radical (unpaired) electrons. The highest BCUT2D eigenvalue weighted by atomic mass is 32.1. The summed E-state index contributed by atoms with van der Waals surface area (Å²) in [5.74, 6) is 0. The molecule has 17 heavy (non-hydrogen) atoms. The van der Waals surface area contributed by atoms with Crippen LogP contribution in [0.3, 0.4) is 0 Å². The first-order valence-electron chi connectivity index (χ1n) is 5.70. The van der Waals surface area contributed by atoms with Crippen molar-refractivity contribution >= 4 is 17.7 Å². The number of thiol groups is 1. The van der Waals surface area contributed by atoms with Gasteiger partial charge in [-0.3, -0.25) is 4.79 Å². The SMILES string of the molecule is CC(C)(C)CC(=O)S.CCC(CO)(CO)CO. The molecular formula is C12H26O4S. The van der Waals surface area contributed by atoms with Crippen molar-refractivity contribution in [2.45, 2.75) is 40.5 Å². The van der Waals surface area contributed by atoms with Crippen molar-refractivity contribution in [2.24, 2.45) is 10.8 Å². The third-order valence-electron chi connectivity index (χ3n) is 2.44. The van der Waals surface area contributed by atoms with Crippen LogP contribution in [0.5, 0.6) is 0 Å². The number of carbonyl (C=O) groups is 1. The van der Waals surface area contributed by atoms with Crippen molar-refractivity contribution in [3.8, 4) is 0 Å². The van der Waals surface area contributed by atoms with Crippen molar-refractivity contribution in [3.05, 3.63) is 0 Å². The lowest BCUT2D eigenvalue weighted by atomic mass is 9.88. The van der Waals surface area contributed by atoms with Gasteiger partial charge >= 0.3 is 0 Å². The summed E-state index contributed by atoms with van der Waals surface area (Å²) in [5, 5.41) is 25.9. The Morgan fingerprint density at radius 3 is 1.41 bits per heavy atom. The zero-order chi connectivity index (χ0) is 14.1. The smallest absolute Gasteiger partial charge is 0.186 e. The molecule has 0 unspecified atom stereocenters. The van der Waals surface area contributed by atoms with E-state index >= 15 is 0 Å². The Morgan fingerprint density at radius 2 is 1.41 bits per heavy atom. The van der Waals surface area contributed by atoms with Crippen LogP contribution in [-0.2, 0) is 4.79 Å². The first-order chi connectivity index (χ1) is 7.66. The lowest BCUT2D eigenvalue weighted by molar-refractivity contribution is -0.112. The van der Waals surface area contributed by atoms with Crippen LogP contribution in [0.2, 0.25) is 0 Å². The van der Waals surface area contributed by atoms with Crippen LogP contribution < -0.4 is 0 Å². The molecule has 0 aromatic heterocycles. The average Bonchev–Trinajstić information content (AvgIpc) is 2.19. The monoisotopic (exact) mass is 266 g/mol. The van der Waals surface area contributed by atoms with Gasteiger partial charge in [0, 0.05) is 11.8 Å². The predicted molar refractivity (Wildman–Crippen MR) is 72.0 cm³/mol. The van der Waals surface area contributed by atoms with E-state index in [1.54, 1.807) is 0 Å². The van der Waals surface area contributed by atoms with E-state index in [1.165, 1.54) is 0 Å². The molecule has 104 valence electrons. The van der Waals surface area contributed by atoms with E-state index in [2.05, 4.69) is 12.6 Å². The van der Waals surface area contributed by atoms with Crippen molar-refractivity contribution in [1.29, 1.82) is 0 Å². The molecule has 0 atom stereocenters. The van der Waals surface area contributed by atoms with Crippen LogP contribution in [0.15, 0.2) is 0 Å². The number of aliphatic hydroxyl groups excluding tert-OH is 3. The number of aliphatic hydroxyl groups is 3. The maximum atomic E-state index is 10.3. The largest absolute Gasteiger partial charge is 0.396 e. The third kappa shape index (κ3) is 10.8. The highest BCUT2D eigenvalue weighted by Gasteiger charge is 2.24. The van der Waals surface area contributed by atoms with Gasteiger partial charge in [0.15, 0.2) is 5.12 Å². The summed E-state index contributed by atoms with van der Waals surface area (Å²) in [6.45, 7) is 7.40. The lowest BCUT2D eigenvalue weighted by Gasteiger charge is -2.24. The summed E-state index contributed by atoms with van der Waals surface area (Å²) >= 11 is 3.65. The summed E-state index contributed by atoms with van der Waals surface area (Å²) in [4.78, 5) is 10.3. The Morgan fingerprint density at radius 1 is 1.06 bits per heavy atom. The second-order valence-electron chi connectivity index (χ2n) is 5.46. The fourth-order valence-corrected chi connectivity index (χ4v) is 1.41. The molecule has 0 spiro atoms. The maximum Gasteiger partial charge on any atom is 0.186 e. The van der Waals surface area contributed by atoms with Crippen molar-refractivity contribution in [1.82, 2.24) is 0 Å². The van der Waals surface area contributed by atoms with Crippen LogP contribution in [0.4, 0.5) is 0 Å². The van der Waals surface area contributed by atoms with E-state index in [9.17, 15) is 4.79 Å². The molecule has 0 aliphatic rings. The number of carbonyl (C=O) groups excluding carboxylic acids is 1. The van der Waals surface area contributed by atoms with E-state index in [1.807, 2.05) is 27.7 Å². The molecule has 0 saturated carbocycles. The van der Waals surface area contributed by atoms with Crippen LogP contribution in [0.25, 0.3) is 0 Å². The zero-order valence-corrected chi connectivity index (χ0v) is 12.1. The average molecular weight is 266 g/mol. The Hall–Kier alpha value is -0.100. The van der Waals surface area contributed by atoms with Gasteiger partial charge in [-0.15, -0.1) is 12.6 Å². The first kappa shape index (κ1) is 19.2. The Bertz CT molecular complexity index is 190. The number of hydrogen-bond donors (Lipinski definition) is 4. The highest BCUT2D eigenvalue weighted by Crippen LogP contribution is 2.19. The van der Waals surface area contributed by atoms with Gasteiger partial charge in [0.1, 0.15) is 0 Å². The normalized spacial score (nSPS) is 11.8. The van der Waals surface area contributed by atoms with Crippen LogP contribution >= 0.6 is 12.6 Å². The third-order valence-corrected chi connectivity index (χ3v) is 2.60. The van der Waals surface area contributed by atoms with Crippen LogP contribution in [-0.4, -0.2) is 40.3 Å². The molecule has 0 saturated heterocycles. The molecule has 0 aromatic carbocycles. The summed E-state index contributed by atoms with van der Waals surface area (Å²) in [6.07, 6.45) is 1.15. The van der Waals surface area contributed by atoms with E-state index in [0.29, 0.717) is 12.8 Å². The van der Waals surface area contributed by atoms with E-state index in [4.69, 9.17) is 15.3 Å². The summed E-state index contributed by atoms with van der Waals surface area (Å²) in [7, 11) is 0. The van der Waals surface area contributed by atoms with E-state index < -0.39 is 5.41 Å². The van der Waals surface area contributed by atoms with Crippen molar-refractivity contribution in [2.75, 3.05) is 19.8 Å². The van der Waals surface area contributed by atoms with Crippen LogP contribution in [0, 0.1) is 10.8 Å². The quantitative estimate of drug-likeness (QED) is 0.565. The highest BCUT2D eigenvalue weighted by molar-refractivity contribution is 7.96. The van der Waals surface area contributed by atoms with E-state index in [-0.39, 0.29) is 30.4 Å². The van der Waals surface area contributed by atoms with Gasteiger partial charge in [-0.05, 0) is 11.8 Å². The molecular weight excluding hydrogens is 240 g/mol. The van der Waals surface area contributed by atoms with Crippen LogP contribution in [0.1, 0.15) is 40.5 Å². The fraction of sp³-hybridized carbons (Fsp3) is 0.917. The lowest BCUT2D eigenvalue weighted by Crippen LogP contribution is -2.32. The molecule has 5 heteroatoms. The molecule has 0 amide bonds. The predicted octanol–water partition coefficient (Wildman–Crippen LogP) is 1.24. The standard InChI is InChI=1S/C6H14O3.C6H12OS/c1-2-6(3-7,4-8)5-9;1-6(2,3)4-5(7)8/h7-9H,2-5H2,1H3;4H2,1-3H3,(H,7,8). The van der Waals surface area contributed by atoms with E-state index in [0.717, 1.165) is 0 Å². The fourth-order valence-electron chi connectivity index (χ4n) is 0.939. The summed E-state index contributed by atoms with van der Waals surface area (Å²) in [6, 6.07) is 0. The molecule has 0 rings (SSSR count). The van der Waals surface area contributed by atoms with Gasteiger partial charge in [-0.2, -0.15) is 0 Å². The van der Waals surface area contributed by atoms with Gasteiger partial charge in [0.05, 0.1) is 19.8 Å². The van der Waals surface area contributed by atoms with Gasteiger partial charge in [0.2, 0.25) is 0 Å². The zero-order valence-electron chi connectivity index (χ0n) is 11.2. The van der Waals surface area contributed by atoms with Crippen molar-refractivity contribution < 1.29 is 20.1 Å². The molecule has 0 bridgehead atoms. The molecule has 3 N–H and O–H groups in total. The second kappa shape index (κ2) is 8.91. The Kier molecular flexibility index (Phi) is 10.1. The minimum Gasteiger partial charge on any atom is -0.396 e. The maximum absolute atomic E-state index is 10.3. The first-order valence-corrected chi connectivity index (χ1v) is 6.15. The van der Waals surface area contributed by atoms with Crippen molar-refractivity contribution in [3.63, 3.8) is 0 Å².